The number of nitrogens with zero attached hydrogens (tertiary/aromatic N) is 2. The van der Waals surface area contributed by atoms with Crippen molar-refractivity contribution in [1.82, 2.24) is 15.1 Å². The molecule has 2 amide bonds. The van der Waals surface area contributed by atoms with Gasteiger partial charge in [-0.2, -0.15) is 5.10 Å². The van der Waals surface area contributed by atoms with E-state index >= 15 is 0 Å². The fourth-order valence-electron chi connectivity index (χ4n) is 2.74. The number of amides is 2. The molecule has 6 nitrogen and oxygen atoms in total. The zero-order valence-corrected chi connectivity index (χ0v) is 13.2. The van der Waals surface area contributed by atoms with Crippen LogP contribution in [0.3, 0.4) is 0 Å². The van der Waals surface area contributed by atoms with Gasteiger partial charge >= 0.3 is 6.03 Å². The van der Waals surface area contributed by atoms with Gasteiger partial charge in [0.25, 0.3) is 0 Å². The molecule has 1 unspecified atom stereocenters. The SMILES string of the molecule is CC(CO)(NC(=O)Nc1cccc(Cn2cccn2)c1)C1CC1. The van der Waals surface area contributed by atoms with Gasteiger partial charge in [-0.15, -0.1) is 0 Å². The third-order valence-corrected chi connectivity index (χ3v) is 4.29. The van der Waals surface area contributed by atoms with Crippen LogP contribution in [0.5, 0.6) is 0 Å². The minimum absolute atomic E-state index is 0.0512. The Hall–Kier alpha value is -2.34. The third kappa shape index (κ3) is 3.90. The average molecular weight is 314 g/mol. The van der Waals surface area contributed by atoms with Gasteiger partial charge in [-0.3, -0.25) is 4.68 Å². The predicted octanol–water partition coefficient (Wildman–Crippen LogP) is 2.21. The average Bonchev–Trinajstić information content (AvgIpc) is 3.27. The lowest BCUT2D eigenvalue weighted by molar-refractivity contribution is 0.159. The van der Waals surface area contributed by atoms with Crippen LogP contribution in [0, 0.1) is 5.92 Å². The molecule has 1 aliphatic rings. The minimum atomic E-state index is -0.545. The molecule has 3 N–H and O–H groups in total. The number of hydrogen-bond donors (Lipinski definition) is 3. The maximum Gasteiger partial charge on any atom is 0.319 e. The molecule has 122 valence electrons. The molecule has 1 fully saturated rings. The van der Waals surface area contributed by atoms with E-state index in [9.17, 15) is 9.90 Å². The summed E-state index contributed by atoms with van der Waals surface area (Å²) in [5.74, 6) is 0.365. The number of hydrogen-bond acceptors (Lipinski definition) is 3. The van der Waals surface area contributed by atoms with E-state index < -0.39 is 5.54 Å². The Morgan fingerprint density at radius 1 is 1.43 bits per heavy atom. The Morgan fingerprint density at radius 3 is 2.91 bits per heavy atom. The quantitative estimate of drug-likeness (QED) is 0.765. The molecular weight excluding hydrogens is 292 g/mol. The number of carbonyl (C=O) groups excluding carboxylic acids is 1. The summed E-state index contributed by atoms with van der Waals surface area (Å²) in [5, 5.41) is 19.5. The molecule has 0 bridgehead atoms. The molecule has 3 rings (SSSR count). The number of carbonyl (C=O) groups is 1. The lowest BCUT2D eigenvalue weighted by atomic mass is 9.97. The van der Waals surface area contributed by atoms with E-state index in [1.807, 2.05) is 48.1 Å². The van der Waals surface area contributed by atoms with E-state index in [1.165, 1.54) is 0 Å². The van der Waals surface area contributed by atoms with Crippen molar-refractivity contribution in [3.05, 3.63) is 48.3 Å². The van der Waals surface area contributed by atoms with Crippen LogP contribution in [0.2, 0.25) is 0 Å². The Morgan fingerprint density at radius 2 is 2.26 bits per heavy atom. The first kappa shape index (κ1) is 15.6. The van der Waals surface area contributed by atoms with Crippen LogP contribution in [0.1, 0.15) is 25.3 Å². The molecule has 6 heteroatoms. The third-order valence-electron chi connectivity index (χ3n) is 4.29. The highest BCUT2D eigenvalue weighted by Gasteiger charge is 2.42. The Labute approximate surface area is 135 Å². The molecule has 23 heavy (non-hydrogen) atoms. The molecular formula is C17H22N4O2. The molecule has 0 spiro atoms. The minimum Gasteiger partial charge on any atom is -0.394 e. The highest BCUT2D eigenvalue weighted by atomic mass is 16.3. The number of aliphatic hydroxyl groups is 1. The van der Waals surface area contributed by atoms with E-state index in [4.69, 9.17) is 0 Å². The molecule has 2 aromatic rings. The highest BCUT2D eigenvalue weighted by molar-refractivity contribution is 5.89. The zero-order chi connectivity index (χ0) is 16.3. The number of aliphatic hydroxyl groups excluding tert-OH is 1. The summed E-state index contributed by atoms with van der Waals surface area (Å²) in [6, 6.07) is 9.26. The lowest BCUT2D eigenvalue weighted by Gasteiger charge is -2.28. The summed E-state index contributed by atoms with van der Waals surface area (Å²) in [7, 11) is 0. The fourth-order valence-corrected chi connectivity index (χ4v) is 2.74. The van der Waals surface area contributed by atoms with Crippen LogP contribution in [0.25, 0.3) is 0 Å². The first-order valence-corrected chi connectivity index (χ1v) is 7.85. The summed E-state index contributed by atoms with van der Waals surface area (Å²) < 4.78 is 1.83. The van der Waals surface area contributed by atoms with E-state index in [0.717, 1.165) is 24.1 Å². The summed E-state index contributed by atoms with van der Waals surface area (Å²) in [6.45, 7) is 2.49. The van der Waals surface area contributed by atoms with Crippen molar-refractivity contribution in [2.75, 3.05) is 11.9 Å². The fraction of sp³-hybridized carbons (Fsp3) is 0.412. The molecule has 1 aromatic heterocycles. The number of urea groups is 1. The lowest BCUT2D eigenvalue weighted by Crippen LogP contribution is -2.52. The second-order valence-electron chi connectivity index (χ2n) is 6.33. The van der Waals surface area contributed by atoms with Gasteiger partial charge in [-0.05, 0) is 49.4 Å². The van der Waals surface area contributed by atoms with Crippen molar-refractivity contribution in [3.8, 4) is 0 Å². The van der Waals surface area contributed by atoms with E-state index in [2.05, 4.69) is 15.7 Å². The molecule has 0 saturated heterocycles. The van der Waals surface area contributed by atoms with Crippen molar-refractivity contribution in [1.29, 1.82) is 0 Å². The van der Waals surface area contributed by atoms with Gasteiger partial charge in [-0.1, -0.05) is 12.1 Å². The first-order chi connectivity index (χ1) is 11.1. The summed E-state index contributed by atoms with van der Waals surface area (Å²) in [5.41, 5.74) is 1.23. The highest BCUT2D eigenvalue weighted by Crippen LogP contribution is 2.39. The second-order valence-corrected chi connectivity index (χ2v) is 6.33. The second kappa shape index (κ2) is 6.42. The van der Waals surface area contributed by atoms with Crippen LogP contribution >= 0.6 is 0 Å². The molecule has 1 aromatic carbocycles. The number of anilines is 1. The van der Waals surface area contributed by atoms with Gasteiger partial charge < -0.3 is 15.7 Å². The number of rotatable bonds is 6. The Bertz CT molecular complexity index is 667. The van der Waals surface area contributed by atoms with Crippen LogP contribution in [0.4, 0.5) is 10.5 Å². The molecule has 0 aliphatic heterocycles. The summed E-state index contributed by atoms with van der Waals surface area (Å²) in [4.78, 5) is 12.2. The van der Waals surface area contributed by atoms with Gasteiger partial charge in [0.15, 0.2) is 0 Å². The molecule has 1 aliphatic carbocycles. The molecule has 1 atom stereocenters. The zero-order valence-electron chi connectivity index (χ0n) is 13.2. The molecule has 1 heterocycles. The van der Waals surface area contributed by atoms with Crippen LogP contribution in [0.15, 0.2) is 42.7 Å². The van der Waals surface area contributed by atoms with Gasteiger partial charge in [0.05, 0.1) is 18.7 Å². The summed E-state index contributed by atoms with van der Waals surface area (Å²) in [6.07, 6.45) is 5.74. The van der Waals surface area contributed by atoms with Crippen molar-refractivity contribution in [2.24, 2.45) is 5.92 Å². The van der Waals surface area contributed by atoms with Gasteiger partial charge in [0.2, 0.25) is 0 Å². The van der Waals surface area contributed by atoms with Gasteiger partial charge in [-0.25, -0.2) is 4.79 Å². The van der Waals surface area contributed by atoms with Gasteiger partial charge in [0.1, 0.15) is 0 Å². The maximum atomic E-state index is 12.2. The first-order valence-electron chi connectivity index (χ1n) is 7.85. The van der Waals surface area contributed by atoms with Crippen LogP contribution in [-0.4, -0.2) is 33.1 Å². The van der Waals surface area contributed by atoms with Gasteiger partial charge in [0, 0.05) is 18.1 Å². The Kier molecular flexibility index (Phi) is 4.34. The normalized spacial score (nSPS) is 16.6. The van der Waals surface area contributed by atoms with Crippen LogP contribution in [-0.2, 0) is 6.54 Å². The largest absolute Gasteiger partial charge is 0.394 e. The number of nitrogens with one attached hydrogen (secondary N) is 2. The van der Waals surface area contributed by atoms with E-state index in [-0.39, 0.29) is 12.6 Å². The van der Waals surface area contributed by atoms with Crippen molar-refractivity contribution < 1.29 is 9.90 Å². The number of benzene rings is 1. The monoisotopic (exact) mass is 314 g/mol. The van der Waals surface area contributed by atoms with Crippen molar-refractivity contribution in [2.45, 2.75) is 31.8 Å². The van der Waals surface area contributed by atoms with E-state index in [0.29, 0.717) is 12.5 Å². The standard InChI is InChI=1S/C17H22N4O2/c1-17(12-22,14-6-7-14)20-16(23)19-15-5-2-4-13(10-15)11-21-9-3-8-18-21/h2-5,8-10,14,22H,6-7,11-12H2,1H3,(H2,19,20,23). The predicted molar refractivity (Wildman–Crippen MR) is 88.1 cm³/mol. The van der Waals surface area contributed by atoms with Crippen molar-refractivity contribution in [3.63, 3.8) is 0 Å². The van der Waals surface area contributed by atoms with E-state index in [1.54, 1.807) is 6.20 Å². The summed E-state index contributed by atoms with van der Waals surface area (Å²) >= 11 is 0. The number of aromatic nitrogens is 2. The van der Waals surface area contributed by atoms with Crippen molar-refractivity contribution >= 4 is 11.7 Å². The Balaban J connectivity index is 1.62. The van der Waals surface area contributed by atoms with Crippen LogP contribution < -0.4 is 10.6 Å². The smallest absolute Gasteiger partial charge is 0.319 e. The molecule has 1 saturated carbocycles. The molecule has 0 radical (unpaired) electrons. The maximum absolute atomic E-state index is 12.2. The topological polar surface area (TPSA) is 79.2 Å².